The van der Waals surface area contributed by atoms with Crippen LogP contribution < -0.4 is 0 Å². The normalized spacial score (nSPS) is 23.9. The summed E-state index contributed by atoms with van der Waals surface area (Å²) in [6.45, 7) is 0. The topological polar surface area (TPSA) is 63.4 Å². The summed E-state index contributed by atoms with van der Waals surface area (Å²) in [7, 11) is 0. The van der Waals surface area contributed by atoms with Crippen LogP contribution in [0, 0.1) is 16.0 Å². The van der Waals surface area contributed by atoms with E-state index in [0.717, 1.165) is 5.75 Å². The average Bonchev–Trinajstić information content (AvgIpc) is 2.64. The Labute approximate surface area is 108 Å². The number of halogens is 1. The fourth-order valence-corrected chi connectivity index (χ4v) is 3.45. The first-order valence-electron chi connectivity index (χ1n) is 5.26. The molecule has 2 unspecified atom stereocenters. The number of hydrogen-bond acceptors (Lipinski definition) is 4. The predicted molar refractivity (Wildman–Crippen MR) is 68.6 cm³/mol. The van der Waals surface area contributed by atoms with E-state index in [-0.39, 0.29) is 17.7 Å². The highest BCUT2D eigenvalue weighted by Gasteiger charge is 2.28. The van der Waals surface area contributed by atoms with Gasteiger partial charge in [-0.2, -0.15) is 11.8 Å². The van der Waals surface area contributed by atoms with E-state index in [4.69, 9.17) is 11.6 Å². The quantitative estimate of drug-likeness (QED) is 0.679. The van der Waals surface area contributed by atoms with E-state index in [1.54, 1.807) is 17.8 Å². The van der Waals surface area contributed by atoms with Gasteiger partial charge in [-0.25, -0.2) is 0 Å². The molecule has 0 aromatic heterocycles. The molecule has 4 nitrogen and oxygen atoms in total. The van der Waals surface area contributed by atoms with Crippen LogP contribution in [0.25, 0.3) is 0 Å². The molecule has 0 spiro atoms. The Balaban J connectivity index is 2.24. The van der Waals surface area contributed by atoms with E-state index in [9.17, 15) is 15.2 Å². The lowest BCUT2D eigenvalue weighted by Gasteiger charge is -2.13. The summed E-state index contributed by atoms with van der Waals surface area (Å²) >= 11 is 7.53. The molecule has 1 saturated heterocycles. The lowest BCUT2D eigenvalue weighted by atomic mass is 9.96. The number of nitro benzene ring substituents is 1. The third kappa shape index (κ3) is 2.91. The first-order chi connectivity index (χ1) is 8.08. The van der Waals surface area contributed by atoms with Gasteiger partial charge in [-0.1, -0.05) is 11.6 Å². The Hall–Kier alpha value is -0.780. The van der Waals surface area contributed by atoms with Crippen molar-refractivity contribution in [1.29, 1.82) is 0 Å². The van der Waals surface area contributed by atoms with Crippen molar-refractivity contribution in [3.05, 3.63) is 38.9 Å². The highest BCUT2D eigenvalue weighted by Crippen LogP contribution is 2.31. The molecule has 1 aromatic rings. The number of rotatable bonds is 3. The summed E-state index contributed by atoms with van der Waals surface area (Å²) in [6.07, 6.45) is 0.129. The highest BCUT2D eigenvalue weighted by molar-refractivity contribution is 7.99. The zero-order valence-electron chi connectivity index (χ0n) is 9.01. The molecule has 1 N–H and O–H groups in total. The monoisotopic (exact) mass is 273 g/mol. The van der Waals surface area contributed by atoms with Gasteiger partial charge in [0, 0.05) is 22.4 Å². The Morgan fingerprint density at radius 3 is 2.88 bits per heavy atom. The number of nitrogens with zero attached hydrogens (tertiary/aromatic N) is 1. The summed E-state index contributed by atoms with van der Waals surface area (Å²) < 4.78 is 0. The van der Waals surface area contributed by atoms with Gasteiger partial charge in [0.1, 0.15) is 0 Å². The summed E-state index contributed by atoms with van der Waals surface area (Å²) in [4.78, 5) is 10.5. The molecule has 2 atom stereocenters. The fourth-order valence-electron chi connectivity index (χ4n) is 1.96. The van der Waals surface area contributed by atoms with Crippen LogP contribution in [0.5, 0.6) is 0 Å². The maximum Gasteiger partial charge on any atom is 0.272 e. The molecule has 0 radical (unpaired) electrons. The molecule has 1 aromatic carbocycles. The Bertz CT molecular complexity index is 441. The highest BCUT2D eigenvalue weighted by atomic mass is 35.5. The molecule has 6 heteroatoms. The number of benzene rings is 1. The molecule has 0 aliphatic carbocycles. The molecule has 0 saturated carbocycles. The molecule has 1 fully saturated rings. The molecular formula is C11H12ClNO3S. The van der Waals surface area contributed by atoms with Crippen molar-refractivity contribution < 1.29 is 10.0 Å². The second kappa shape index (κ2) is 5.25. The van der Waals surface area contributed by atoms with Crippen LogP contribution in [0.4, 0.5) is 5.69 Å². The third-order valence-electron chi connectivity index (χ3n) is 2.89. The Kier molecular flexibility index (Phi) is 3.91. The largest absolute Gasteiger partial charge is 0.392 e. The first kappa shape index (κ1) is 12.7. The van der Waals surface area contributed by atoms with Crippen molar-refractivity contribution in [2.75, 3.05) is 11.5 Å². The minimum absolute atomic E-state index is 0.0807. The lowest BCUT2D eigenvalue weighted by Crippen LogP contribution is -2.20. The van der Waals surface area contributed by atoms with Crippen LogP contribution in [0.1, 0.15) is 5.56 Å². The summed E-state index contributed by atoms with van der Waals surface area (Å²) in [6, 6.07) is 4.56. The molecular weight excluding hydrogens is 262 g/mol. The van der Waals surface area contributed by atoms with Gasteiger partial charge in [0.05, 0.1) is 11.0 Å². The van der Waals surface area contributed by atoms with Crippen molar-refractivity contribution in [3.8, 4) is 0 Å². The van der Waals surface area contributed by atoms with E-state index in [2.05, 4.69) is 0 Å². The van der Waals surface area contributed by atoms with Gasteiger partial charge < -0.3 is 5.11 Å². The van der Waals surface area contributed by atoms with Crippen molar-refractivity contribution in [2.24, 2.45) is 5.92 Å². The summed E-state index contributed by atoms with van der Waals surface area (Å²) in [5.74, 6) is 1.63. The molecule has 2 rings (SSSR count). The molecule has 1 aliphatic heterocycles. The molecule has 1 aliphatic rings. The van der Waals surface area contributed by atoms with Gasteiger partial charge in [0.2, 0.25) is 0 Å². The fraction of sp³-hybridized carbons (Fsp3) is 0.455. The van der Waals surface area contributed by atoms with Crippen molar-refractivity contribution in [2.45, 2.75) is 12.5 Å². The maximum atomic E-state index is 10.9. The van der Waals surface area contributed by atoms with Gasteiger partial charge in [-0.3, -0.25) is 10.1 Å². The minimum atomic E-state index is -0.403. The van der Waals surface area contributed by atoms with Gasteiger partial charge in [-0.15, -0.1) is 0 Å². The third-order valence-corrected chi connectivity index (χ3v) is 4.36. The number of hydrogen-bond donors (Lipinski definition) is 1. The number of nitro groups is 1. The van der Waals surface area contributed by atoms with Gasteiger partial charge >= 0.3 is 0 Å². The average molecular weight is 274 g/mol. The van der Waals surface area contributed by atoms with Crippen LogP contribution in [0.2, 0.25) is 5.02 Å². The van der Waals surface area contributed by atoms with Crippen LogP contribution in [-0.4, -0.2) is 27.6 Å². The van der Waals surface area contributed by atoms with E-state index in [0.29, 0.717) is 22.8 Å². The minimum Gasteiger partial charge on any atom is -0.392 e. The number of thioether (sulfide) groups is 1. The zero-order valence-corrected chi connectivity index (χ0v) is 10.6. The molecule has 1 heterocycles. The number of aliphatic hydroxyl groups excluding tert-OH is 1. The van der Waals surface area contributed by atoms with Crippen LogP contribution >= 0.6 is 23.4 Å². The Morgan fingerprint density at radius 1 is 1.53 bits per heavy atom. The summed E-state index contributed by atoms with van der Waals surface area (Å²) in [5.41, 5.74) is 0.688. The van der Waals surface area contributed by atoms with Gasteiger partial charge in [0.15, 0.2) is 0 Å². The van der Waals surface area contributed by atoms with E-state index >= 15 is 0 Å². The molecule has 17 heavy (non-hydrogen) atoms. The van der Waals surface area contributed by atoms with Crippen LogP contribution in [-0.2, 0) is 6.42 Å². The SMILES string of the molecule is O=[N+]([O-])c1ccc(Cl)cc1CC1CSCC1O. The maximum absolute atomic E-state index is 10.9. The van der Waals surface area contributed by atoms with E-state index < -0.39 is 4.92 Å². The van der Waals surface area contributed by atoms with Gasteiger partial charge in [0.25, 0.3) is 5.69 Å². The second-order valence-corrected chi connectivity index (χ2v) is 5.61. The van der Waals surface area contributed by atoms with Crippen molar-refractivity contribution >= 4 is 29.1 Å². The van der Waals surface area contributed by atoms with E-state index in [1.807, 2.05) is 0 Å². The summed E-state index contributed by atoms with van der Waals surface area (Å²) in [5, 5.41) is 21.1. The predicted octanol–water partition coefficient (Wildman–Crippen LogP) is 2.51. The number of aliphatic hydroxyl groups is 1. The zero-order chi connectivity index (χ0) is 12.4. The van der Waals surface area contributed by atoms with Crippen molar-refractivity contribution in [1.82, 2.24) is 0 Å². The van der Waals surface area contributed by atoms with E-state index in [1.165, 1.54) is 12.1 Å². The van der Waals surface area contributed by atoms with Crippen LogP contribution in [0.3, 0.4) is 0 Å². The molecule has 0 amide bonds. The molecule has 0 bridgehead atoms. The smallest absolute Gasteiger partial charge is 0.272 e. The standard InChI is InChI=1S/C11H12ClNO3S/c12-9-1-2-10(13(15)16)7(4-9)3-8-5-17-6-11(8)14/h1-2,4,8,11,14H,3,5-6H2. The Morgan fingerprint density at radius 2 is 2.29 bits per heavy atom. The second-order valence-electron chi connectivity index (χ2n) is 4.10. The van der Waals surface area contributed by atoms with Gasteiger partial charge in [-0.05, 0) is 30.2 Å². The molecule has 92 valence electrons. The van der Waals surface area contributed by atoms with Crippen molar-refractivity contribution in [3.63, 3.8) is 0 Å². The first-order valence-corrected chi connectivity index (χ1v) is 6.80. The van der Waals surface area contributed by atoms with Crippen LogP contribution in [0.15, 0.2) is 18.2 Å². The lowest BCUT2D eigenvalue weighted by molar-refractivity contribution is -0.385.